The van der Waals surface area contributed by atoms with Crippen molar-refractivity contribution in [3.63, 3.8) is 0 Å². The first-order valence-electron chi connectivity index (χ1n) is 8.62. The quantitative estimate of drug-likeness (QED) is 0.368. The zero-order valence-corrected chi connectivity index (χ0v) is 15.8. The molecule has 2 aromatic carbocycles. The first-order chi connectivity index (χ1) is 13.9. The van der Waals surface area contributed by atoms with Crippen molar-refractivity contribution in [2.75, 3.05) is 19.0 Å². The fourth-order valence-electron chi connectivity index (χ4n) is 2.82. The Bertz CT molecular complexity index is 1090. The number of fused-ring (bicyclic) bond motifs is 1. The number of furan rings is 1. The molecule has 0 aliphatic carbocycles. The summed E-state index contributed by atoms with van der Waals surface area (Å²) in [6, 6.07) is 9.65. The van der Waals surface area contributed by atoms with Gasteiger partial charge in [-0.3, -0.25) is 19.7 Å². The fraction of sp³-hybridized carbons (Fsp3) is 0.200. The standard InChI is InChI=1S/C20H18N2O7/c1-12-4-3-5-16(22(25)26)20(12)21-18(23)11-29-19(24)8-13-10-28-17-9-14(27-2)6-7-15(13)17/h3-7,9-10H,8,11H2,1-2H3,(H,21,23). The summed E-state index contributed by atoms with van der Waals surface area (Å²) < 4.78 is 15.5. The Morgan fingerprint density at radius 2 is 2.03 bits per heavy atom. The van der Waals surface area contributed by atoms with Gasteiger partial charge >= 0.3 is 5.97 Å². The molecule has 3 aromatic rings. The highest BCUT2D eigenvalue weighted by Crippen LogP contribution is 2.28. The van der Waals surface area contributed by atoms with E-state index in [2.05, 4.69) is 5.32 Å². The molecule has 0 saturated heterocycles. The second-order valence-corrected chi connectivity index (χ2v) is 6.23. The van der Waals surface area contributed by atoms with Crippen molar-refractivity contribution in [1.82, 2.24) is 0 Å². The number of hydrogen-bond acceptors (Lipinski definition) is 7. The fourth-order valence-corrected chi connectivity index (χ4v) is 2.82. The number of esters is 1. The number of benzene rings is 2. The average molecular weight is 398 g/mol. The van der Waals surface area contributed by atoms with Crippen molar-refractivity contribution in [1.29, 1.82) is 0 Å². The lowest BCUT2D eigenvalue weighted by atomic mass is 10.1. The number of rotatable bonds is 7. The molecule has 150 valence electrons. The highest BCUT2D eigenvalue weighted by molar-refractivity contribution is 5.96. The number of nitro benzene ring substituents is 1. The van der Waals surface area contributed by atoms with E-state index in [0.717, 1.165) is 5.39 Å². The number of aryl methyl sites for hydroxylation is 1. The lowest BCUT2D eigenvalue weighted by Gasteiger charge is -2.09. The van der Waals surface area contributed by atoms with Crippen LogP contribution in [0.5, 0.6) is 5.75 Å². The molecular formula is C20H18N2O7. The normalized spacial score (nSPS) is 10.6. The zero-order chi connectivity index (χ0) is 21.0. The Kier molecular flexibility index (Phi) is 5.77. The van der Waals surface area contributed by atoms with Gasteiger partial charge in [0.2, 0.25) is 0 Å². The van der Waals surface area contributed by atoms with Crippen LogP contribution in [0.3, 0.4) is 0 Å². The molecular weight excluding hydrogens is 380 g/mol. The lowest BCUT2D eigenvalue weighted by molar-refractivity contribution is -0.384. The summed E-state index contributed by atoms with van der Waals surface area (Å²) in [7, 11) is 1.54. The van der Waals surface area contributed by atoms with Gasteiger partial charge in [-0.25, -0.2) is 0 Å². The van der Waals surface area contributed by atoms with E-state index < -0.39 is 23.4 Å². The van der Waals surface area contributed by atoms with E-state index in [4.69, 9.17) is 13.9 Å². The van der Waals surface area contributed by atoms with E-state index in [1.54, 1.807) is 38.3 Å². The van der Waals surface area contributed by atoms with Crippen LogP contribution in [-0.2, 0) is 20.7 Å². The molecule has 0 aliphatic heterocycles. The van der Waals surface area contributed by atoms with Crippen molar-refractivity contribution in [3.8, 4) is 5.75 Å². The monoisotopic (exact) mass is 398 g/mol. The molecule has 0 unspecified atom stereocenters. The van der Waals surface area contributed by atoms with Crippen LogP contribution in [0, 0.1) is 17.0 Å². The van der Waals surface area contributed by atoms with Crippen LogP contribution in [-0.4, -0.2) is 30.5 Å². The largest absolute Gasteiger partial charge is 0.497 e. The lowest BCUT2D eigenvalue weighted by Crippen LogP contribution is -2.22. The summed E-state index contributed by atoms with van der Waals surface area (Å²) in [5.41, 5.74) is 1.55. The highest BCUT2D eigenvalue weighted by Gasteiger charge is 2.19. The van der Waals surface area contributed by atoms with Crippen LogP contribution in [0.1, 0.15) is 11.1 Å². The van der Waals surface area contributed by atoms with Crippen molar-refractivity contribution in [2.45, 2.75) is 13.3 Å². The molecule has 0 atom stereocenters. The van der Waals surface area contributed by atoms with Crippen LogP contribution >= 0.6 is 0 Å². The number of carbonyl (C=O) groups excluding carboxylic acids is 2. The predicted molar refractivity (Wildman–Crippen MR) is 104 cm³/mol. The van der Waals surface area contributed by atoms with E-state index in [0.29, 0.717) is 22.5 Å². The first kappa shape index (κ1) is 19.9. The summed E-state index contributed by atoms with van der Waals surface area (Å²) in [6.07, 6.45) is 1.36. The van der Waals surface area contributed by atoms with Gasteiger partial charge in [-0.2, -0.15) is 0 Å². The van der Waals surface area contributed by atoms with Gasteiger partial charge in [-0.1, -0.05) is 12.1 Å². The summed E-state index contributed by atoms with van der Waals surface area (Å²) in [5.74, 6) is -0.668. The van der Waals surface area contributed by atoms with Crippen molar-refractivity contribution in [2.24, 2.45) is 0 Å². The van der Waals surface area contributed by atoms with Crippen LogP contribution in [0.25, 0.3) is 11.0 Å². The molecule has 0 bridgehead atoms. The maximum absolute atomic E-state index is 12.1. The minimum atomic E-state index is -0.669. The second-order valence-electron chi connectivity index (χ2n) is 6.23. The molecule has 29 heavy (non-hydrogen) atoms. The molecule has 9 nitrogen and oxygen atoms in total. The number of amides is 1. The van der Waals surface area contributed by atoms with E-state index in [1.807, 2.05) is 0 Å². The van der Waals surface area contributed by atoms with E-state index in [1.165, 1.54) is 18.4 Å². The van der Waals surface area contributed by atoms with Crippen molar-refractivity contribution >= 4 is 34.2 Å². The predicted octanol–water partition coefficient (Wildman–Crippen LogP) is 3.38. The van der Waals surface area contributed by atoms with Gasteiger partial charge < -0.3 is 19.2 Å². The van der Waals surface area contributed by atoms with Gasteiger partial charge in [0.05, 0.1) is 24.7 Å². The molecule has 0 saturated carbocycles. The third kappa shape index (κ3) is 4.52. The Morgan fingerprint density at radius 1 is 1.24 bits per heavy atom. The second kappa shape index (κ2) is 8.42. The van der Waals surface area contributed by atoms with Gasteiger partial charge in [-0.15, -0.1) is 0 Å². The number of methoxy groups -OCH3 is 1. The van der Waals surface area contributed by atoms with Gasteiger partial charge in [0, 0.05) is 23.1 Å². The molecule has 1 amide bonds. The molecule has 1 N–H and O–H groups in total. The van der Waals surface area contributed by atoms with E-state index >= 15 is 0 Å². The summed E-state index contributed by atoms with van der Waals surface area (Å²) in [6.45, 7) is 1.07. The van der Waals surface area contributed by atoms with Crippen LogP contribution < -0.4 is 10.1 Å². The molecule has 0 spiro atoms. The molecule has 1 heterocycles. The Labute approximate surface area is 165 Å². The molecule has 0 fully saturated rings. The summed E-state index contributed by atoms with van der Waals surface area (Å²) in [4.78, 5) is 34.7. The summed E-state index contributed by atoms with van der Waals surface area (Å²) >= 11 is 0. The number of para-hydroxylation sites is 1. The molecule has 9 heteroatoms. The number of nitrogens with one attached hydrogen (secondary N) is 1. The third-order valence-corrected chi connectivity index (χ3v) is 4.27. The molecule has 1 aromatic heterocycles. The zero-order valence-electron chi connectivity index (χ0n) is 15.8. The van der Waals surface area contributed by atoms with E-state index in [9.17, 15) is 19.7 Å². The molecule has 0 radical (unpaired) electrons. The Morgan fingerprint density at radius 3 is 2.76 bits per heavy atom. The molecule has 3 rings (SSSR count). The average Bonchev–Trinajstić information content (AvgIpc) is 3.09. The number of nitro groups is 1. The number of carbonyl (C=O) groups is 2. The van der Waals surface area contributed by atoms with Crippen LogP contribution in [0.4, 0.5) is 11.4 Å². The minimum Gasteiger partial charge on any atom is -0.497 e. The van der Waals surface area contributed by atoms with Crippen molar-refractivity contribution < 1.29 is 28.4 Å². The van der Waals surface area contributed by atoms with Crippen LogP contribution in [0.2, 0.25) is 0 Å². The first-order valence-corrected chi connectivity index (χ1v) is 8.62. The van der Waals surface area contributed by atoms with E-state index in [-0.39, 0.29) is 17.8 Å². The SMILES string of the molecule is COc1ccc2c(CC(=O)OCC(=O)Nc3c(C)cccc3[N+](=O)[O-])coc2c1. The van der Waals surface area contributed by atoms with Gasteiger partial charge in [0.15, 0.2) is 6.61 Å². The topological polar surface area (TPSA) is 121 Å². The minimum absolute atomic E-state index is 0.0772. The number of nitrogens with zero attached hydrogens (tertiary/aromatic N) is 1. The molecule has 0 aliphatic rings. The number of hydrogen-bond donors (Lipinski definition) is 1. The van der Waals surface area contributed by atoms with Gasteiger partial charge in [-0.05, 0) is 24.6 Å². The maximum atomic E-state index is 12.1. The summed E-state index contributed by atoms with van der Waals surface area (Å²) in [5, 5.41) is 14.3. The number of ether oxygens (including phenoxy) is 2. The smallest absolute Gasteiger partial charge is 0.310 e. The van der Waals surface area contributed by atoms with Crippen molar-refractivity contribution in [3.05, 3.63) is 63.9 Å². The van der Waals surface area contributed by atoms with Crippen LogP contribution in [0.15, 0.2) is 47.1 Å². The Balaban J connectivity index is 1.60. The van der Waals surface area contributed by atoms with Gasteiger partial charge in [0.25, 0.3) is 11.6 Å². The third-order valence-electron chi connectivity index (χ3n) is 4.27. The highest BCUT2D eigenvalue weighted by atomic mass is 16.6. The Hall–Kier alpha value is -3.88. The van der Waals surface area contributed by atoms with Gasteiger partial charge in [0.1, 0.15) is 17.0 Å². The number of anilines is 1. The maximum Gasteiger partial charge on any atom is 0.310 e.